The molecule has 4 aromatic rings. The molecule has 2 aromatic heterocycles. The number of hydrogen-bond acceptors (Lipinski definition) is 5. The van der Waals surface area contributed by atoms with Crippen molar-refractivity contribution in [1.29, 1.82) is 0 Å². The molecule has 0 aliphatic carbocycles. The molecule has 4 rings (SSSR count). The maximum Gasteiger partial charge on any atom is 0.248 e. The average Bonchev–Trinajstić information content (AvgIpc) is 3.23. The molecule has 0 unspecified atom stereocenters. The van der Waals surface area contributed by atoms with E-state index in [1.54, 1.807) is 29.1 Å². The summed E-state index contributed by atoms with van der Waals surface area (Å²) in [5, 5.41) is 10.8. The standard InChI is InChI=1S/C23H18FN5O2/c24-18-6-10-21(11-7-18)31-23-13-9-19(14-25-23)26-22(30)12-8-20-16-29(28-27-20)15-17-4-2-1-3-5-17/h1-14,16H,15H2,(H,26,30). The molecule has 1 amide bonds. The molecule has 0 aliphatic rings. The van der Waals surface area contributed by atoms with E-state index in [0.29, 0.717) is 29.6 Å². The number of ether oxygens (including phenoxy) is 1. The third-order valence-electron chi connectivity index (χ3n) is 4.19. The van der Waals surface area contributed by atoms with Crippen LogP contribution in [0.15, 0.2) is 85.2 Å². The van der Waals surface area contributed by atoms with Crippen molar-refractivity contribution in [2.45, 2.75) is 6.54 Å². The molecule has 0 spiro atoms. The Morgan fingerprint density at radius 2 is 1.87 bits per heavy atom. The number of benzene rings is 2. The number of carbonyl (C=O) groups excluding carboxylic acids is 1. The van der Waals surface area contributed by atoms with Gasteiger partial charge in [0.15, 0.2) is 0 Å². The summed E-state index contributed by atoms with van der Waals surface area (Å²) < 4.78 is 20.2. The number of nitrogens with one attached hydrogen (secondary N) is 1. The minimum Gasteiger partial charge on any atom is -0.439 e. The van der Waals surface area contributed by atoms with E-state index in [2.05, 4.69) is 20.6 Å². The summed E-state index contributed by atoms with van der Waals surface area (Å²) in [6, 6.07) is 18.8. The Morgan fingerprint density at radius 3 is 2.61 bits per heavy atom. The van der Waals surface area contributed by atoms with Crippen LogP contribution in [-0.4, -0.2) is 25.9 Å². The van der Waals surface area contributed by atoms with E-state index in [4.69, 9.17) is 4.74 Å². The van der Waals surface area contributed by atoms with Gasteiger partial charge in [0.25, 0.3) is 0 Å². The first-order valence-corrected chi connectivity index (χ1v) is 9.47. The van der Waals surface area contributed by atoms with Crippen molar-refractivity contribution in [2.75, 3.05) is 5.32 Å². The Labute approximate surface area is 177 Å². The van der Waals surface area contributed by atoms with Gasteiger partial charge in [0.1, 0.15) is 17.3 Å². The van der Waals surface area contributed by atoms with Gasteiger partial charge in [-0.05, 0) is 42.0 Å². The summed E-state index contributed by atoms with van der Waals surface area (Å²) in [7, 11) is 0. The third kappa shape index (κ3) is 5.83. The van der Waals surface area contributed by atoms with E-state index in [1.165, 1.54) is 36.5 Å². The lowest BCUT2D eigenvalue weighted by molar-refractivity contribution is -0.111. The Kier molecular flexibility index (Phi) is 6.08. The summed E-state index contributed by atoms with van der Waals surface area (Å²) >= 11 is 0. The van der Waals surface area contributed by atoms with Gasteiger partial charge in [0, 0.05) is 12.1 Å². The highest BCUT2D eigenvalue weighted by Gasteiger charge is 2.03. The second kappa shape index (κ2) is 9.45. The van der Waals surface area contributed by atoms with Gasteiger partial charge in [-0.25, -0.2) is 14.1 Å². The zero-order valence-electron chi connectivity index (χ0n) is 16.4. The Bertz CT molecular complexity index is 1170. The second-order valence-electron chi connectivity index (χ2n) is 6.59. The number of halogens is 1. The second-order valence-corrected chi connectivity index (χ2v) is 6.59. The molecule has 0 saturated carbocycles. The van der Waals surface area contributed by atoms with Crippen molar-refractivity contribution >= 4 is 17.7 Å². The maximum atomic E-state index is 12.9. The van der Waals surface area contributed by atoms with Crippen molar-refractivity contribution in [3.8, 4) is 11.6 Å². The van der Waals surface area contributed by atoms with Crippen molar-refractivity contribution in [3.05, 3.63) is 102 Å². The van der Waals surface area contributed by atoms with Gasteiger partial charge in [-0.1, -0.05) is 35.5 Å². The van der Waals surface area contributed by atoms with Crippen molar-refractivity contribution in [3.63, 3.8) is 0 Å². The fourth-order valence-corrected chi connectivity index (χ4v) is 2.72. The number of carbonyl (C=O) groups is 1. The van der Waals surface area contributed by atoms with Crippen LogP contribution in [0.5, 0.6) is 11.6 Å². The fraction of sp³-hybridized carbons (Fsp3) is 0.0435. The molecule has 0 bridgehead atoms. The van der Waals surface area contributed by atoms with Crippen LogP contribution in [0, 0.1) is 5.82 Å². The molecular weight excluding hydrogens is 397 g/mol. The number of pyridine rings is 1. The molecule has 8 heteroatoms. The summed E-state index contributed by atoms with van der Waals surface area (Å²) in [5.41, 5.74) is 2.20. The van der Waals surface area contributed by atoms with E-state index in [0.717, 1.165) is 5.56 Å². The van der Waals surface area contributed by atoms with Gasteiger partial charge in [-0.15, -0.1) is 5.10 Å². The third-order valence-corrected chi connectivity index (χ3v) is 4.19. The zero-order valence-corrected chi connectivity index (χ0v) is 16.4. The zero-order chi connectivity index (χ0) is 21.5. The van der Waals surface area contributed by atoms with Gasteiger partial charge < -0.3 is 10.1 Å². The number of amides is 1. The normalized spacial score (nSPS) is 10.9. The predicted octanol–water partition coefficient (Wildman–Crippen LogP) is 4.30. The van der Waals surface area contributed by atoms with Crippen LogP contribution in [0.4, 0.5) is 10.1 Å². The summed E-state index contributed by atoms with van der Waals surface area (Å²) in [6.07, 6.45) is 6.20. The van der Waals surface area contributed by atoms with Crippen LogP contribution in [0.25, 0.3) is 6.08 Å². The number of nitrogens with zero attached hydrogens (tertiary/aromatic N) is 4. The molecule has 0 radical (unpaired) electrons. The van der Waals surface area contributed by atoms with E-state index in [1.807, 2.05) is 30.3 Å². The molecule has 1 N–H and O–H groups in total. The van der Waals surface area contributed by atoms with Gasteiger partial charge in [-0.3, -0.25) is 4.79 Å². The summed E-state index contributed by atoms with van der Waals surface area (Å²) in [4.78, 5) is 16.3. The highest BCUT2D eigenvalue weighted by atomic mass is 19.1. The lowest BCUT2D eigenvalue weighted by atomic mass is 10.2. The molecule has 2 aromatic carbocycles. The van der Waals surface area contributed by atoms with Crippen LogP contribution >= 0.6 is 0 Å². The van der Waals surface area contributed by atoms with Gasteiger partial charge in [0.2, 0.25) is 11.8 Å². The molecule has 7 nitrogen and oxygen atoms in total. The monoisotopic (exact) mass is 415 g/mol. The van der Waals surface area contributed by atoms with Gasteiger partial charge in [0.05, 0.1) is 24.6 Å². The smallest absolute Gasteiger partial charge is 0.248 e. The SMILES string of the molecule is O=C(C=Cc1cn(Cc2ccccc2)nn1)Nc1ccc(Oc2ccc(F)cc2)nc1. The van der Waals surface area contributed by atoms with E-state index in [9.17, 15) is 9.18 Å². The predicted molar refractivity (Wildman–Crippen MR) is 114 cm³/mol. The molecule has 0 fully saturated rings. The Hall–Kier alpha value is -4.33. The lowest BCUT2D eigenvalue weighted by Crippen LogP contribution is -2.07. The number of hydrogen-bond donors (Lipinski definition) is 1. The van der Waals surface area contributed by atoms with Crippen LogP contribution in [0.2, 0.25) is 0 Å². The summed E-state index contributed by atoms with van der Waals surface area (Å²) in [6.45, 7) is 0.603. The van der Waals surface area contributed by atoms with E-state index >= 15 is 0 Å². The van der Waals surface area contributed by atoms with E-state index in [-0.39, 0.29) is 11.7 Å². The highest BCUT2D eigenvalue weighted by Crippen LogP contribution is 2.20. The molecule has 31 heavy (non-hydrogen) atoms. The largest absolute Gasteiger partial charge is 0.439 e. The van der Waals surface area contributed by atoms with Crippen molar-refractivity contribution in [1.82, 2.24) is 20.0 Å². The Balaban J connectivity index is 1.30. The van der Waals surface area contributed by atoms with Crippen LogP contribution in [-0.2, 0) is 11.3 Å². The highest BCUT2D eigenvalue weighted by molar-refractivity contribution is 6.01. The average molecular weight is 415 g/mol. The summed E-state index contributed by atoms with van der Waals surface area (Å²) in [5.74, 6) is 0.126. The molecule has 0 aliphatic heterocycles. The first-order valence-electron chi connectivity index (χ1n) is 9.47. The minimum atomic E-state index is -0.342. The van der Waals surface area contributed by atoms with Crippen molar-refractivity contribution < 1.29 is 13.9 Å². The molecule has 154 valence electrons. The number of anilines is 1. The first-order chi connectivity index (χ1) is 15.1. The molecular formula is C23H18FN5O2. The van der Waals surface area contributed by atoms with Gasteiger partial charge in [-0.2, -0.15) is 0 Å². The van der Waals surface area contributed by atoms with Gasteiger partial charge >= 0.3 is 0 Å². The quantitative estimate of drug-likeness (QED) is 0.455. The van der Waals surface area contributed by atoms with Crippen LogP contribution < -0.4 is 10.1 Å². The minimum absolute atomic E-state index is 0.327. The topological polar surface area (TPSA) is 81.9 Å². The van der Waals surface area contributed by atoms with Crippen LogP contribution in [0.3, 0.4) is 0 Å². The van der Waals surface area contributed by atoms with E-state index < -0.39 is 0 Å². The Morgan fingerprint density at radius 1 is 1.06 bits per heavy atom. The fourth-order valence-electron chi connectivity index (χ4n) is 2.72. The van der Waals surface area contributed by atoms with Crippen molar-refractivity contribution in [2.24, 2.45) is 0 Å². The first kappa shape index (κ1) is 20.0. The maximum absolute atomic E-state index is 12.9. The molecule has 0 atom stereocenters. The molecule has 2 heterocycles. The molecule has 0 saturated heterocycles. The van der Waals surface area contributed by atoms with Crippen LogP contribution in [0.1, 0.15) is 11.3 Å². The number of aromatic nitrogens is 4. The lowest BCUT2D eigenvalue weighted by Gasteiger charge is -2.06. The number of rotatable bonds is 7.